The fourth-order valence-corrected chi connectivity index (χ4v) is 3.27. The third kappa shape index (κ3) is 1.56. The van der Waals surface area contributed by atoms with Crippen LogP contribution in [0.3, 0.4) is 0 Å². The van der Waals surface area contributed by atoms with Crippen molar-refractivity contribution in [2.75, 3.05) is 16.3 Å². The Morgan fingerprint density at radius 3 is 2.48 bits per heavy atom. The molecule has 0 N–H and O–H groups in total. The number of rotatable bonds is 0. The molecule has 0 fully saturated rings. The molecule has 2 aromatic rings. The summed E-state index contributed by atoms with van der Waals surface area (Å²) < 4.78 is 0. The topological polar surface area (TPSA) is 40.6 Å². The SMILES string of the molecule is CC(=O)N1c2ccccc2N2CCC(=O)c3cccc1c32. The summed E-state index contributed by atoms with van der Waals surface area (Å²) in [6.07, 6.45) is 0.505. The van der Waals surface area contributed by atoms with Crippen molar-refractivity contribution >= 4 is 34.4 Å². The number of ketones is 1. The summed E-state index contributed by atoms with van der Waals surface area (Å²) >= 11 is 0. The van der Waals surface area contributed by atoms with Crippen LogP contribution in [-0.2, 0) is 4.79 Å². The van der Waals surface area contributed by atoms with Gasteiger partial charge in [0.2, 0.25) is 5.91 Å². The van der Waals surface area contributed by atoms with E-state index in [1.165, 1.54) is 0 Å². The number of carbonyl (C=O) groups is 2. The monoisotopic (exact) mass is 278 g/mol. The van der Waals surface area contributed by atoms with E-state index in [2.05, 4.69) is 4.90 Å². The Bertz CT molecular complexity index is 782. The summed E-state index contributed by atoms with van der Waals surface area (Å²) in [5.74, 6) is 0.0968. The lowest BCUT2D eigenvalue weighted by molar-refractivity contribution is -0.115. The maximum atomic E-state index is 12.2. The molecule has 0 saturated heterocycles. The summed E-state index contributed by atoms with van der Waals surface area (Å²) in [6.45, 7) is 2.21. The van der Waals surface area contributed by atoms with E-state index in [0.29, 0.717) is 18.5 Å². The standard InChI is InChI=1S/C17H14N2O2/c1-11(20)19-14-7-3-2-6-13(14)18-10-9-16(21)12-5-4-8-15(19)17(12)18/h2-8H,9-10H2,1H3. The van der Waals surface area contributed by atoms with Crippen molar-refractivity contribution in [2.45, 2.75) is 13.3 Å². The van der Waals surface area contributed by atoms with Crippen LogP contribution in [0.1, 0.15) is 23.7 Å². The summed E-state index contributed by atoms with van der Waals surface area (Å²) in [5.41, 5.74) is 4.23. The lowest BCUT2D eigenvalue weighted by Crippen LogP contribution is -2.36. The predicted octanol–water partition coefficient (Wildman–Crippen LogP) is 3.41. The van der Waals surface area contributed by atoms with Crippen LogP contribution in [0.2, 0.25) is 0 Å². The molecule has 2 aromatic carbocycles. The van der Waals surface area contributed by atoms with Gasteiger partial charge in [-0.25, -0.2) is 0 Å². The minimum absolute atomic E-state index is 0.0477. The largest absolute Gasteiger partial charge is 0.337 e. The van der Waals surface area contributed by atoms with E-state index in [1.807, 2.05) is 42.5 Å². The Hall–Kier alpha value is -2.62. The number of para-hydroxylation sites is 3. The zero-order chi connectivity index (χ0) is 14.6. The van der Waals surface area contributed by atoms with Crippen molar-refractivity contribution in [1.82, 2.24) is 0 Å². The van der Waals surface area contributed by atoms with Crippen LogP contribution in [0.25, 0.3) is 0 Å². The lowest BCUT2D eigenvalue weighted by atomic mass is 9.95. The molecule has 0 atom stereocenters. The summed E-state index contributed by atoms with van der Waals surface area (Å²) in [7, 11) is 0. The van der Waals surface area contributed by atoms with Gasteiger partial charge in [0.25, 0.3) is 0 Å². The first kappa shape index (κ1) is 12.1. The second-order valence-corrected chi connectivity index (χ2v) is 5.34. The van der Waals surface area contributed by atoms with E-state index in [9.17, 15) is 9.59 Å². The molecule has 4 heteroatoms. The van der Waals surface area contributed by atoms with Gasteiger partial charge in [0, 0.05) is 25.5 Å². The Morgan fingerprint density at radius 2 is 1.71 bits per heavy atom. The normalized spacial score (nSPS) is 15.6. The fourth-order valence-electron chi connectivity index (χ4n) is 3.27. The molecule has 104 valence electrons. The number of hydrogen-bond donors (Lipinski definition) is 0. The number of amides is 1. The van der Waals surface area contributed by atoms with Gasteiger partial charge in [0.15, 0.2) is 5.78 Å². The third-order valence-electron chi connectivity index (χ3n) is 4.12. The molecule has 4 rings (SSSR count). The first-order valence-electron chi connectivity index (χ1n) is 7.02. The van der Waals surface area contributed by atoms with E-state index in [4.69, 9.17) is 0 Å². The number of benzene rings is 2. The number of Topliss-reactive ketones (excluding diaryl/α,β-unsaturated/α-hetero) is 1. The number of nitrogens with zero attached hydrogens (tertiary/aromatic N) is 2. The molecular weight excluding hydrogens is 264 g/mol. The average Bonchev–Trinajstić information content (AvgIpc) is 2.49. The van der Waals surface area contributed by atoms with E-state index in [0.717, 1.165) is 22.7 Å². The van der Waals surface area contributed by atoms with Crippen molar-refractivity contribution < 1.29 is 9.59 Å². The fraction of sp³-hybridized carbons (Fsp3) is 0.176. The average molecular weight is 278 g/mol. The highest BCUT2D eigenvalue weighted by Gasteiger charge is 2.35. The van der Waals surface area contributed by atoms with Crippen molar-refractivity contribution in [3.8, 4) is 0 Å². The molecule has 2 aliphatic heterocycles. The summed E-state index contributed by atoms with van der Waals surface area (Å²) in [6, 6.07) is 13.4. The second-order valence-electron chi connectivity index (χ2n) is 5.34. The van der Waals surface area contributed by atoms with Crippen LogP contribution in [0.5, 0.6) is 0 Å². The Morgan fingerprint density at radius 1 is 1.00 bits per heavy atom. The van der Waals surface area contributed by atoms with E-state index >= 15 is 0 Å². The summed E-state index contributed by atoms with van der Waals surface area (Å²) in [5, 5.41) is 0. The van der Waals surface area contributed by atoms with Crippen molar-refractivity contribution in [3.63, 3.8) is 0 Å². The molecule has 0 unspecified atom stereocenters. The number of carbonyl (C=O) groups excluding carboxylic acids is 2. The van der Waals surface area contributed by atoms with Crippen molar-refractivity contribution in [2.24, 2.45) is 0 Å². The van der Waals surface area contributed by atoms with Gasteiger partial charge >= 0.3 is 0 Å². The molecule has 1 amide bonds. The van der Waals surface area contributed by atoms with Crippen LogP contribution >= 0.6 is 0 Å². The second kappa shape index (κ2) is 4.19. The molecule has 21 heavy (non-hydrogen) atoms. The van der Waals surface area contributed by atoms with Gasteiger partial charge in [-0.3, -0.25) is 14.5 Å². The van der Waals surface area contributed by atoms with Crippen molar-refractivity contribution in [3.05, 3.63) is 48.0 Å². The zero-order valence-electron chi connectivity index (χ0n) is 11.7. The van der Waals surface area contributed by atoms with E-state index in [-0.39, 0.29) is 11.7 Å². The maximum absolute atomic E-state index is 12.2. The Kier molecular flexibility index (Phi) is 2.42. The molecule has 0 spiro atoms. The third-order valence-corrected chi connectivity index (χ3v) is 4.12. The van der Waals surface area contributed by atoms with Crippen LogP contribution in [0.15, 0.2) is 42.5 Å². The van der Waals surface area contributed by atoms with E-state index < -0.39 is 0 Å². The van der Waals surface area contributed by atoms with E-state index in [1.54, 1.807) is 11.8 Å². The molecule has 0 radical (unpaired) electrons. The highest BCUT2D eigenvalue weighted by atomic mass is 16.2. The van der Waals surface area contributed by atoms with Gasteiger partial charge in [-0.15, -0.1) is 0 Å². The number of anilines is 4. The van der Waals surface area contributed by atoms with Gasteiger partial charge in [-0.05, 0) is 24.3 Å². The summed E-state index contributed by atoms with van der Waals surface area (Å²) in [4.78, 5) is 28.2. The molecule has 2 aliphatic rings. The van der Waals surface area contributed by atoms with Crippen LogP contribution < -0.4 is 9.80 Å². The van der Waals surface area contributed by atoms with Gasteiger partial charge in [-0.2, -0.15) is 0 Å². The lowest BCUT2D eigenvalue weighted by Gasteiger charge is -2.41. The smallest absolute Gasteiger partial charge is 0.228 e. The molecule has 2 heterocycles. The predicted molar refractivity (Wildman–Crippen MR) is 81.7 cm³/mol. The molecule has 0 aliphatic carbocycles. The number of fused-ring (bicyclic) bond motifs is 2. The molecule has 0 saturated carbocycles. The van der Waals surface area contributed by atoms with Gasteiger partial charge in [0.1, 0.15) is 0 Å². The van der Waals surface area contributed by atoms with Crippen molar-refractivity contribution in [1.29, 1.82) is 0 Å². The van der Waals surface area contributed by atoms with Gasteiger partial charge in [0.05, 0.1) is 22.7 Å². The highest BCUT2D eigenvalue weighted by Crippen LogP contribution is 2.50. The first-order valence-corrected chi connectivity index (χ1v) is 7.02. The van der Waals surface area contributed by atoms with Crippen LogP contribution in [-0.4, -0.2) is 18.2 Å². The molecule has 0 bridgehead atoms. The molecule has 0 aromatic heterocycles. The van der Waals surface area contributed by atoms with Gasteiger partial charge < -0.3 is 4.90 Å². The highest BCUT2D eigenvalue weighted by molar-refractivity contribution is 6.15. The van der Waals surface area contributed by atoms with Crippen LogP contribution in [0, 0.1) is 0 Å². The minimum atomic E-state index is -0.0477. The minimum Gasteiger partial charge on any atom is -0.337 e. The molecule has 4 nitrogen and oxygen atoms in total. The maximum Gasteiger partial charge on any atom is 0.228 e. The number of hydrogen-bond acceptors (Lipinski definition) is 3. The van der Waals surface area contributed by atoms with Gasteiger partial charge in [-0.1, -0.05) is 18.2 Å². The Labute approximate surface area is 122 Å². The quantitative estimate of drug-likeness (QED) is 0.741. The van der Waals surface area contributed by atoms with Crippen LogP contribution in [0.4, 0.5) is 22.7 Å². The zero-order valence-corrected chi connectivity index (χ0v) is 11.7. The molecular formula is C17H14N2O2. The Balaban J connectivity index is 2.07. The first-order chi connectivity index (χ1) is 10.2.